The van der Waals surface area contributed by atoms with E-state index in [9.17, 15) is 9.18 Å². The molecule has 1 aromatic rings. The Labute approximate surface area is 75.0 Å². The van der Waals surface area contributed by atoms with Crippen LogP contribution >= 0.6 is 0 Å². The van der Waals surface area contributed by atoms with E-state index >= 15 is 0 Å². The summed E-state index contributed by atoms with van der Waals surface area (Å²) in [5.74, 6) is -1.16. The SMILES string of the molecule is CC(=O)C(N)c1ccc(O)cc1F. The molecule has 0 saturated heterocycles. The maximum atomic E-state index is 13.1. The average Bonchev–Trinajstić information content (AvgIpc) is 2.03. The summed E-state index contributed by atoms with van der Waals surface area (Å²) in [6, 6.07) is 2.57. The van der Waals surface area contributed by atoms with E-state index in [0.29, 0.717) is 0 Å². The summed E-state index contributed by atoms with van der Waals surface area (Å²) in [5, 5.41) is 8.89. The molecular weight excluding hydrogens is 173 g/mol. The summed E-state index contributed by atoms with van der Waals surface area (Å²) < 4.78 is 13.1. The minimum Gasteiger partial charge on any atom is -0.508 e. The minimum atomic E-state index is -0.958. The molecule has 13 heavy (non-hydrogen) atoms. The van der Waals surface area contributed by atoms with E-state index in [1.165, 1.54) is 19.1 Å². The van der Waals surface area contributed by atoms with Crippen molar-refractivity contribution < 1.29 is 14.3 Å². The molecule has 4 heteroatoms. The molecule has 70 valence electrons. The maximum absolute atomic E-state index is 13.1. The number of phenols is 1. The molecule has 0 aromatic heterocycles. The number of Topliss-reactive ketones (excluding diaryl/α,β-unsaturated/α-hetero) is 1. The predicted molar refractivity (Wildman–Crippen MR) is 45.7 cm³/mol. The summed E-state index contributed by atoms with van der Waals surface area (Å²) in [6.07, 6.45) is 0. The number of halogens is 1. The molecule has 0 heterocycles. The van der Waals surface area contributed by atoms with Gasteiger partial charge in [0.05, 0.1) is 6.04 Å². The molecule has 0 aliphatic heterocycles. The lowest BCUT2D eigenvalue weighted by molar-refractivity contribution is -0.118. The van der Waals surface area contributed by atoms with E-state index in [1.54, 1.807) is 0 Å². The number of hydrogen-bond donors (Lipinski definition) is 2. The Morgan fingerprint density at radius 2 is 2.23 bits per heavy atom. The standard InChI is InChI=1S/C9H10FNO2/c1-5(12)9(11)7-3-2-6(13)4-8(7)10/h2-4,9,13H,11H2,1H3. The number of phenolic OH excluding ortho intramolecular Hbond substituents is 1. The fourth-order valence-corrected chi connectivity index (χ4v) is 0.987. The van der Waals surface area contributed by atoms with Crippen LogP contribution in [-0.2, 0) is 4.79 Å². The van der Waals surface area contributed by atoms with Crippen LogP contribution in [-0.4, -0.2) is 10.9 Å². The molecule has 1 atom stereocenters. The third-order valence-corrected chi connectivity index (χ3v) is 1.76. The van der Waals surface area contributed by atoms with Crippen molar-refractivity contribution in [1.29, 1.82) is 0 Å². The smallest absolute Gasteiger partial charge is 0.151 e. The molecule has 0 fully saturated rings. The molecule has 0 aliphatic rings. The fourth-order valence-electron chi connectivity index (χ4n) is 0.987. The van der Waals surface area contributed by atoms with E-state index in [-0.39, 0.29) is 17.1 Å². The molecule has 1 rings (SSSR count). The van der Waals surface area contributed by atoms with Crippen LogP contribution in [0.25, 0.3) is 0 Å². The molecule has 1 aromatic carbocycles. The lowest BCUT2D eigenvalue weighted by Crippen LogP contribution is -2.19. The van der Waals surface area contributed by atoms with Crippen LogP contribution in [0.15, 0.2) is 18.2 Å². The second-order valence-electron chi connectivity index (χ2n) is 2.79. The normalized spacial score (nSPS) is 12.5. The fraction of sp³-hybridized carbons (Fsp3) is 0.222. The minimum absolute atomic E-state index is 0.102. The third kappa shape index (κ3) is 2.03. The highest BCUT2D eigenvalue weighted by atomic mass is 19.1. The first kappa shape index (κ1) is 9.67. The van der Waals surface area contributed by atoms with Gasteiger partial charge in [0, 0.05) is 11.6 Å². The zero-order valence-corrected chi connectivity index (χ0v) is 7.12. The lowest BCUT2D eigenvalue weighted by atomic mass is 10.0. The monoisotopic (exact) mass is 183 g/mol. The van der Waals surface area contributed by atoms with Crippen LogP contribution in [0.5, 0.6) is 5.75 Å². The number of aromatic hydroxyl groups is 1. The highest BCUT2D eigenvalue weighted by Gasteiger charge is 2.15. The highest BCUT2D eigenvalue weighted by Crippen LogP contribution is 2.20. The van der Waals surface area contributed by atoms with Crippen LogP contribution in [0.4, 0.5) is 4.39 Å². The average molecular weight is 183 g/mol. The van der Waals surface area contributed by atoms with Crippen LogP contribution in [0.1, 0.15) is 18.5 Å². The van der Waals surface area contributed by atoms with Crippen molar-refractivity contribution >= 4 is 5.78 Å². The zero-order chi connectivity index (χ0) is 10.0. The Morgan fingerprint density at radius 1 is 1.62 bits per heavy atom. The van der Waals surface area contributed by atoms with E-state index < -0.39 is 11.9 Å². The second kappa shape index (κ2) is 3.53. The Kier molecular flexibility index (Phi) is 2.63. The Hall–Kier alpha value is -1.42. The van der Waals surface area contributed by atoms with Gasteiger partial charge in [0.15, 0.2) is 5.78 Å². The van der Waals surface area contributed by atoms with Crippen molar-refractivity contribution in [3.05, 3.63) is 29.6 Å². The largest absolute Gasteiger partial charge is 0.508 e. The molecule has 0 bridgehead atoms. The first-order valence-electron chi connectivity index (χ1n) is 3.77. The summed E-state index contributed by atoms with van der Waals surface area (Å²) >= 11 is 0. The Morgan fingerprint density at radius 3 is 2.69 bits per heavy atom. The topological polar surface area (TPSA) is 63.3 Å². The molecule has 0 saturated carbocycles. The summed E-state index contributed by atoms with van der Waals surface area (Å²) in [7, 11) is 0. The van der Waals surface area contributed by atoms with Crippen molar-refractivity contribution in [2.45, 2.75) is 13.0 Å². The van der Waals surface area contributed by atoms with Gasteiger partial charge in [-0.15, -0.1) is 0 Å². The van der Waals surface area contributed by atoms with E-state index in [4.69, 9.17) is 10.8 Å². The predicted octanol–water partition coefficient (Wildman–Crippen LogP) is 1.12. The lowest BCUT2D eigenvalue weighted by Gasteiger charge is -2.08. The van der Waals surface area contributed by atoms with E-state index in [1.807, 2.05) is 0 Å². The van der Waals surface area contributed by atoms with Gasteiger partial charge in [-0.05, 0) is 13.0 Å². The third-order valence-electron chi connectivity index (χ3n) is 1.76. The molecule has 0 aliphatic carbocycles. The van der Waals surface area contributed by atoms with Crippen molar-refractivity contribution in [2.75, 3.05) is 0 Å². The molecule has 3 nitrogen and oxygen atoms in total. The summed E-state index contributed by atoms with van der Waals surface area (Å²) in [6.45, 7) is 1.29. The number of nitrogens with two attached hydrogens (primary N) is 1. The summed E-state index contributed by atoms with van der Waals surface area (Å²) in [4.78, 5) is 10.8. The van der Waals surface area contributed by atoms with Gasteiger partial charge in [0.2, 0.25) is 0 Å². The van der Waals surface area contributed by atoms with Crippen LogP contribution in [0.3, 0.4) is 0 Å². The summed E-state index contributed by atoms with van der Waals surface area (Å²) in [5.41, 5.74) is 5.52. The first-order chi connectivity index (χ1) is 6.02. The number of benzene rings is 1. The number of carbonyl (C=O) groups excluding carboxylic acids is 1. The van der Waals surface area contributed by atoms with Crippen molar-refractivity contribution in [3.8, 4) is 5.75 Å². The van der Waals surface area contributed by atoms with Gasteiger partial charge in [-0.2, -0.15) is 0 Å². The van der Waals surface area contributed by atoms with Crippen molar-refractivity contribution in [3.63, 3.8) is 0 Å². The van der Waals surface area contributed by atoms with Gasteiger partial charge in [-0.1, -0.05) is 6.07 Å². The first-order valence-corrected chi connectivity index (χ1v) is 3.77. The van der Waals surface area contributed by atoms with E-state index in [2.05, 4.69) is 0 Å². The van der Waals surface area contributed by atoms with Crippen LogP contribution < -0.4 is 5.73 Å². The number of ketones is 1. The van der Waals surface area contributed by atoms with Crippen LogP contribution in [0.2, 0.25) is 0 Å². The molecule has 3 N–H and O–H groups in total. The van der Waals surface area contributed by atoms with Crippen molar-refractivity contribution in [1.82, 2.24) is 0 Å². The molecular formula is C9H10FNO2. The van der Waals surface area contributed by atoms with Crippen LogP contribution in [0, 0.1) is 5.82 Å². The van der Waals surface area contributed by atoms with Crippen molar-refractivity contribution in [2.24, 2.45) is 5.73 Å². The Bertz CT molecular complexity index is 338. The zero-order valence-electron chi connectivity index (χ0n) is 7.12. The molecule has 0 spiro atoms. The van der Waals surface area contributed by atoms with Gasteiger partial charge in [0.25, 0.3) is 0 Å². The second-order valence-corrected chi connectivity index (χ2v) is 2.79. The van der Waals surface area contributed by atoms with Gasteiger partial charge in [-0.3, -0.25) is 4.79 Å². The van der Waals surface area contributed by atoms with E-state index in [0.717, 1.165) is 6.07 Å². The van der Waals surface area contributed by atoms with Gasteiger partial charge in [0.1, 0.15) is 11.6 Å². The highest BCUT2D eigenvalue weighted by molar-refractivity contribution is 5.82. The Balaban J connectivity index is 3.08. The van der Waals surface area contributed by atoms with Gasteiger partial charge in [-0.25, -0.2) is 4.39 Å². The molecule has 1 unspecified atom stereocenters. The molecule has 0 amide bonds. The quantitative estimate of drug-likeness (QED) is 0.722. The van der Waals surface area contributed by atoms with Gasteiger partial charge >= 0.3 is 0 Å². The number of rotatable bonds is 2. The number of hydrogen-bond acceptors (Lipinski definition) is 3. The van der Waals surface area contributed by atoms with Gasteiger partial charge < -0.3 is 10.8 Å². The maximum Gasteiger partial charge on any atom is 0.151 e. The molecule has 0 radical (unpaired) electrons. The number of carbonyl (C=O) groups is 1.